The molecule has 2 aromatic carbocycles. The van der Waals surface area contributed by atoms with E-state index < -0.39 is 0 Å². The Morgan fingerprint density at radius 3 is 2.60 bits per heavy atom. The van der Waals surface area contributed by atoms with Crippen molar-refractivity contribution in [1.82, 2.24) is 0 Å². The Hall–Kier alpha value is -1.91. The number of nitrogens with two attached hydrogens (primary N) is 1. The van der Waals surface area contributed by atoms with E-state index in [0.29, 0.717) is 12.4 Å². The molecule has 3 nitrogen and oxygen atoms in total. The van der Waals surface area contributed by atoms with Gasteiger partial charge in [0.05, 0.1) is 6.61 Å². The van der Waals surface area contributed by atoms with Crippen molar-refractivity contribution in [3.8, 4) is 5.75 Å². The van der Waals surface area contributed by atoms with Crippen molar-refractivity contribution in [2.24, 2.45) is 5.73 Å². The van der Waals surface area contributed by atoms with Crippen LogP contribution in [0.2, 0.25) is 0 Å². The minimum absolute atomic E-state index is 0.0536. The summed E-state index contributed by atoms with van der Waals surface area (Å²) in [5.74, 6) is 0.0699. The first-order chi connectivity index (χ1) is 9.66. The number of halogens is 1. The molecule has 0 aliphatic heterocycles. The lowest BCUT2D eigenvalue weighted by atomic mass is 10.1. The van der Waals surface area contributed by atoms with Crippen LogP contribution in [0.25, 0.3) is 0 Å². The molecule has 0 aromatic heterocycles. The molecule has 0 heterocycles. The van der Waals surface area contributed by atoms with Crippen LogP contribution in [-0.2, 0) is 11.3 Å². The zero-order valence-corrected chi connectivity index (χ0v) is 11.4. The Bertz CT molecular complexity index is 543. The Labute approximate surface area is 118 Å². The Morgan fingerprint density at radius 2 is 1.90 bits per heavy atom. The molecule has 0 fully saturated rings. The van der Waals surface area contributed by atoms with Gasteiger partial charge in [0, 0.05) is 17.7 Å². The smallest absolute Gasteiger partial charge is 0.189 e. The van der Waals surface area contributed by atoms with Crippen molar-refractivity contribution in [3.05, 3.63) is 65.5 Å². The van der Waals surface area contributed by atoms with Gasteiger partial charge in [0.2, 0.25) is 0 Å². The predicted molar refractivity (Wildman–Crippen MR) is 75.7 cm³/mol. The van der Waals surface area contributed by atoms with Crippen LogP contribution in [0.1, 0.15) is 24.1 Å². The van der Waals surface area contributed by atoms with Gasteiger partial charge in [-0.3, -0.25) is 0 Å². The van der Waals surface area contributed by atoms with Crippen molar-refractivity contribution in [1.29, 1.82) is 0 Å². The van der Waals surface area contributed by atoms with Crippen molar-refractivity contribution < 1.29 is 13.9 Å². The van der Waals surface area contributed by atoms with Crippen LogP contribution in [0.15, 0.2) is 48.5 Å². The number of hydrogen-bond donors (Lipinski definition) is 1. The summed E-state index contributed by atoms with van der Waals surface area (Å²) in [4.78, 5) is 0. The molecule has 0 radical (unpaired) electrons. The van der Waals surface area contributed by atoms with Gasteiger partial charge in [-0.15, -0.1) is 0 Å². The molecule has 4 heteroatoms. The lowest BCUT2D eigenvalue weighted by molar-refractivity contribution is 0.00426. The van der Waals surface area contributed by atoms with Gasteiger partial charge in [0.1, 0.15) is 11.6 Å². The largest absolute Gasteiger partial charge is 0.467 e. The van der Waals surface area contributed by atoms with Gasteiger partial charge >= 0.3 is 0 Å². The zero-order chi connectivity index (χ0) is 14.4. The second-order valence-corrected chi connectivity index (χ2v) is 4.57. The highest BCUT2D eigenvalue weighted by Crippen LogP contribution is 2.24. The van der Waals surface area contributed by atoms with E-state index in [4.69, 9.17) is 15.2 Å². The number of benzene rings is 2. The molecule has 0 aliphatic rings. The molecule has 0 bridgehead atoms. The topological polar surface area (TPSA) is 44.5 Å². The first-order valence-corrected chi connectivity index (χ1v) is 6.46. The van der Waals surface area contributed by atoms with Crippen LogP contribution in [0.5, 0.6) is 5.75 Å². The van der Waals surface area contributed by atoms with E-state index >= 15 is 0 Å². The van der Waals surface area contributed by atoms with Gasteiger partial charge in [-0.05, 0) is 18.6 Å². The maximum Gasteiger partial charge on any atom is 0.189 e. The molecular weight excluding hydrogens is 257 g/mol. The summed E-state index contributed by atoms with van der Waals surface area (Å²) in [6, 6.07) is 13.9. The summed E-state index contributed by atoms with van der Waals surface area (Å²) in [6.07, 6.45) is 0. The molecule has 1 atom stereocenters. The van der Waals surface area contributed by atoms with E-state index in [1.165, 1.54) is 12.1 Å². The van der Waals surface area contributed by atoms with E-state index in [1.807, 2.05) is 37.3 Å². The van der Waals surface area contributed by atoms with Crippen LogP contribution in [0.3, 0.4) is 0 Å². The Kier molecular flexibility index (Phi) is 5.09. The average molecular weight is 275 g/mol. The fourth-order valence-corrected chi connectivity index (χ4v) is 1.85. The van der Waals surface area contributed by atoms with E-state index in [9.17, 15) is 4.39 Å². The minimum atomic E-state index is -0.354. The van der Waals surface area contributed by atoms with Gasteiger partial charge in [-0.2, -0.15) is 0 Å². The van der Waals surface area contributed by atoms with Gasteiger partial charge in [-0.25, -0.2) is 4.39 Å². The number of ether oxygens (including phenoxy) is 2. The van der Waals surface area contributed by atoms with E-state index in [2.05, 4.69) is 0 Å². The molecule has 0 spiro atoms. The highest BCUT2D eigenvalue weighted by molar-refractivity contribution is 5.36. The molecule has 20 heavy (non-hydrogen) atoms. The molecule has 2 rings (SSSR count). The normalized spacial score (nSPS) is 12.2. The lowest BCUT2D eigenvalue weighted by Crippen LogP contribution is -2.10. The third-order valence-electron chi connectivity index (χ3n) is 2.88. The second-order valence-electron chi connectivity index (χ2n) is 4.57. The second kappa shape index (κ2) is 7.03. The molecule has 0 saturated heterocycles. The highest BCUT2D eigenvalue weighted by atomic mass is 19.1. The molecule has 2 N–H and O–H groups in total. The fourth-order valence-electron chi connectivity index (χ4n) is 1.85. The molecule has 0 unspecified atom stereocenters. The molecule has 2 aromatic rings. The summed E-state index contributed by atoms with van der Waals surface area (Å²) < 4.78 is 24.1. The SMILES string of the molecule is C[C@@H](N)c1ccc(F)cc1OCOCc1ccccc1. The Balaban J connectivity index is 1.89. The summed E-state index contributed by atoms with van der Waals surface area (Å²) in [6.45, 7) is 2.33. The minimum Gasteiger partial charge on any atom is -0.467 e. The van der Waals surface area contributed by atoms with Crippen LogP contribution in [0, 0.1) is 5.82 Å². The van der Waals surface area contributed by atoms with Crippen LogP contribution >= 0.6 is 0 Å². The van der Waals surface area contributed by atoms with Crippen molar-refractivity contribution >= 4 is 0 Å². The molecule has 0 amide bonds. The van der Waals surface area contributed by atoms with Crippen molar-refractivity contribution in [3.63, 3.8) is 0 Å². The summed E-state index contributed by atoms with van der Waals surface area (Å²) in [5.41, 5.74) is 7.63. The van der Waals surface area contributed by atoms with Crippen LogP contribution in [0.4, 0.5) is 4.39 Å². The third kappa shape index (κ3) is 4.05. The number of rotatable bonds is 6. The van der Waals surface area contributed by atoms with Gasteiger partial charge in [0.25, 0.3) is 0 Å². The standard InChI is InChI=1S/C16H18FNO2/c1-12(18)15-8-7-14(17)9-16(15)20-11-19-10-13-5-3-2-4-6-13/h2-9,12H,10-11,18H2,1H3/t12-/m1/s1. The number of hydrogen-bond acceptors (Lipinski definition) is 3. The highest BCUT2D eigenvalue weighted by Gasteiger charge is 2.09. The summed E-state index contributed by atoms with van der Waals surface area (Å²) in [7, 11) is 0. The average Bonchev–Trinajstić information content (AvgIpc) is 2.44. The van der Waals surface area contributed by atoms with E-state index in [-0.39, 0.29) is 18.7 Å². The lowest BCUT2D eigenvalue weighted by Gasteiger charge is -2.14. The molecule has 0 aliphatic carbocycles. The van der Waals surface area contributed by atoms with Gasteiger partial charge in [-0.1, -0.05) is 36.4 Å². The van der Waals surface area contributed by atoms with Gasteiger partial charge < -0.3 is 15.2 Å². The maximum atomic E-state index is 13.2. The predicted octanol–water partition coefficient (Wildman–Crippen LogP) is 3.40. The zero-order valence-electron chi connectivity index (χ0n) is 11.4. The third-order valence-corrected chi connectivity index (χ3v) is 2.88. The van der Waals surface area contributed by atoms with Crippen molar-refractivity contribution in [2.75, 3.05) is 6.79 Å². The fraction of sp³-hybridized carbons (Fsp3) is 0.250. The quantitative estimate of drug-likeness (QED) is 0.649. The summed E-state index contributed by atoms with van der Waals surface area (Å²) in [5, 5.41) is 0. The van der Waals surface area contributed by atoms with Gasteiger partial charge in [0.15, 0.2) is 6.79 Å². The summed E-state index contributed by atoms with van der Waals surface area (Å²) >= 11 is 0. The van der Waals surface area contributed by atoms with E-state index in [0.717, 1.165) is 11.1 Å². The van der Waals surface area contributed by atoms with E-state index in [1.54, 1.807) is 6.07 Å². The first-order valence-electron chi connectivity index (χ1n) is 6.46. The van der Waals surface area contributed by atoms with Crippen LogP contribution in [-0.4, -0.2) is 6.79 Å². The monoisotopic (exact) mass is 275 g/mol. The maximum absolute atomic E-state index is 13.2. The molecule has 0 saturated carbocycles. The molecule has 106 valence electrons. The van der Waals surface area contributed by atoms with Crippen LogP contribution < -0.4 is 10.5 Å². The molecular formula is C16H18FNO2. The first kappa shape index (κ1) is 14.5. The Morgan fingerprint density at radius 1 is 1.15 bits per heavy atom. The van der Waals surface area contributed by atoms with Crippen molar-refractivity contribution in [2.45, 2.75) is 19.6 Å².